The van der Waals surface area contributed by atoms with E-state index in [0.29, 0.717) is 24.0 Å². The van der Waals surface area contributed by atoms with Gasteiger partial charge in [0.05, 0.1) is 5.52 Å². The lowest BCUT2D eigenvalue weighted by atomic mass is 10.2. The summed E-state index contributed by atoms with van der Waals surface area (Å²) in [6.07, 6.45) is 1.74. The fourth-order valence-corrected chi connectivity index (χ4v) is 2.31. The Bertz CT molecular complexity index is 761. The normalized spacial score (nSPS) is 11.7. The van der Waals surface area contributed by atoms with Crippen molar-refractivity contribution in [1.82, 2.24) is 24.7 Å². The molecule has 7 heteroatoms. The monoisotopic (exact) mass is 335 g/mol. The van der Waals surface area contributed by atoms with Gasteiger partial charge in [-0.05, 0) is 28.9 Å². The Labute approximate surface area is 124 Å². The smallest absolute Gasteiger partial charge is 0.236 e. The number of halogens is 1. The Morgan fingerprint density at radius 1 is 1.35 bits per heavy atom. The van der Waals surface area contributed by atoms with Gasteiger partial charge in [-0.1, -0.05) is 13.8 Å². The summed E-state index contributed by atoms with van der Waals surface area (Å²) in [6.45, 7) is 6.49. The van der Waals surface area contributed by atoms with E-state index in [0.717, 1.165) is 15.8 Å². The van der Waals surface area contributed by atoms with Crippen LogP contribution in [0.5, 0.6) is 0 Å². The van der Waals surface area contributed by atoms with Crippen LogP contribution in [-0.2, 0) is 6.54 Å². The molecule has 0 unspecified atom stereocenters. The van der Waals surface area contributed by atoms with Crippen molar-refractivity contribution in [1.29, 1.82) is 0 Å². The van der Waals surface area contributed by atoms with E-state index in [1.165, 1.54) is 0 Å². The number of rotatable bonds is 3. The second-order valence-corrected chi connectivity index (χ2v) is 5.85. The molecule has 20 heavy (non-hydrogen) atoms. The Kier molecular flexibility index (Phi) is 3.29. The first-order chi connectivity index (χ1) is 9.54. The van der Waals surface area contributed by atoms with E-state index in [1.54, 1.807) is 6.20 Å². The van der Waals surface area contributed by atoms with Crippen molar-refractivity contribution in [2.45, 2.75) is 33.2 Å². The summed E-state index contributed by atoms with van der Waals surface area (Å²) >= 11 is 3.43. The van der Waals surface area contributed by atoms with Gasteiger partial charge in [-0.3, -0.25) is 0 Å². The molecule has 0 saturated heterocycles. The van der Waals surface area contributed by atoms with E-state index in [9.17, 15) is 0 Å². The van der Waals surface area contributed by atoms with Crippen molar-refractivity contribution in [2.24, 2.45) is 0 Å². The van der Waals surface area contributed by atoms with Crippen LogP contribution < -0.4 is 0 Å². The van der Waals surface area contributed by atoms with Gasteiger partial charge in [0.15, 0.2) is 5.65 Å². The third kappa shape index (κ3) is 2.33. The van der Waals surface area contributed by atoms with Gasteiger partial charge in [0.25, 0.3) is 0 Å². The first-order valence-electron chi connectivity index (χ1n) is 6.35. The minimum absolute atomic E-state index is 0.229. The van der Waals surface area contributed by atoms with E-state index >= 15 is 0 Å². The Morgan fingerprint density at radius 3 is 2.85 bits per heavy atom. The highest BCUT2D eigenvalue weighted by Crippen LogP contribution is 2.20. The van der Waals surface area contributed by atoms with Gasteiger partial charge in [0.1, 0.15) is 12.4 Å². The van der Waals surface area contributed by atoms with Crippen LogP contribution in [-0.4, -0.2) is 24.7 Å². The highest BCUT2D eigenvalue weighted by atomic mass is 79.9. The van der Waals surface area contributed by atoms with E-state index in [4.69, 9.17) is 4.42 Å². The van der Waals surface area contributed by atoms with Crippen molar-refractivity contribution in [3.8, 4) is 0 Å². The number of pyridine rings is 1. The number of hydrogen-bond donors (Lipinski definition) is 0. The van der Waals surface area contributed by atoms with Crippen molar-refractivity contribution in [3.63, 3.8) is 0 Å². The molecular weight excluding hydrogens is 322 g/mol. The Morgan fingerprint density at radius 2 is 2.15 bits per heavy atom. The molecular formula is C13H14BrN5O. The Hall–Kier alpha value is -1.76. The second-order valence-electron chi connectivity index (χ2n) is 4.93. The predicted molar refractivity (Wildman–Crippen MR) is 77.5 cm³/mol. The summed E-state index contributed by atoms with van der Waals surface area (Å²) in [5.74, 6) is 2.33. The molecule has 3 rings (SSSR count). The van der Waals surface area contributed by atoms with E-state index in [1.807, 2.05) is 31.4 Å². The van der Waals surface area contributed by atoms with Crippen LogP contribution in [0.15, 0.2) is 21.2 Å². The molecule has 0 radical (unpaired) electrons. The summed E-state index contributed by atoms with van der Waals surface area (Å²) in [4.78, 5) is 8.73. The van der Waals surface area contributed by atoms with Gasteiger partial charge in [0, 0.05) is 16.6 Å². The summed E-state index contributed by atoms with van der Waals surface area (Å²) in [6, 6.07) is 1.99. The number of hydrogen-bond acceptors (Lipinski definition) is 5. The van der Waals surface area contributed by atoms with Gasteiger partial charge in [0.2, 0.25) is 11.8 Å². The molecule has 0 N–H and O–H groups in total. The number of imidazole rings is 1. The molecule has 0 spiro atoms. The maximum absolute atomic E-state index is 5.65. The molecule has 3 heterocycles. The number of aryl methyl sites for hydroxylation is 1. The zero-order valence-corrected chi connectivity index (χ0v) is 13.0. The van der Waals surface area contributed by atoms with Crippen LogP contribution in [0, 0.1) is 6.92 Å². The number of nitrogens with zero attached hydrogens (tertiary/aromatic N) is 5. The molecule has 0 aliphatic carbocycles. The summed E-state index contributed by atoms with van der Waals surface area (Å²) < 4.78 is 8.58. The summed E-state index contributed by atoms with van der Waals surface area (Å²) in [5, 5.41) is 8.13. The maximum atomic E-state index is 5.65. The molecule has 3 aromatic rings. The van der Waals surface area contributed by atoms with Gasteiger partial charge in [-0.25, -0.2) is 9.97 Å². The minimum atomic E-state index is 0.229. The SMILES string of the molecule is Cc1nc2ncc(Br)cc2n1Cc1nnc(C(C)C)o1. The molecule has 0 saturated carbocycles. The molecule has 6 nitrogen and oxygen atoms in total. The molecule has 0 fully saturated rings. The molecule has 3 aromatic heterocycles. The number of aromatic nitrogens is 5. The van der Waals surface area contributed by atoms with Gasteiger partial charge in [-0.15, -0.1) is 10.2 Å². The van der Waals surface area contributed by atoms with Crippen LogP contribution in [0.2, 0.25) is 0 Å². The zero-order valence-electron chi connectivity index (χ0n) is 11.5. The van der Waals surface area contributed by atoms with Crippen molar-refractivity contribution in [3.05, 3.63) is 34.3 Å². The predicted octanol–water partition coefficient (Wildman–Crippen LogP) is 3.06. The third-order valence-corrected chi connectivity index (χ3v) is 3.47. The molecule has 104 valence electrons. The van der Waals surface area contributed by atoms with Gasteiger partial charge >= 0.3 is 0 Å². The third-order valence-electron chi connectivity index (χ3n) is 3.03. The maximum Gasteiger partial charge on any atom is 0.236 e. The fraction of sp³-hybridized carbons (Fsp3) is 0.385. The van der Waals surface area contributed by atoms with Crippen LogP contribution in [0.25, 0.3) is 11.2 Å². The second kappa shape index (κ2) is 4.97. The lowest BCUT2D eigenvalue weighted by molar-refractivity contribution is 0.423. The first-order valence-corrected chi connectivity index (χ1v) is 7.14. The number of fused-ring (bicyclic) bond motifs is 1. The highest BCUT2D eigenvalue weighted by molar-refractivity contribution is 9.10. The van der Waals surface area contributed by atoms with Crippen LogP contribution in [0.1, 0.15) is 37.4 Å². The van der Waals surface area contributed by atoms with E-state index < -0.39 is 0 Å². The largest absolute Gasteiger partial charge is 0.423 e. The van der Waals surface area contributed by atoms with Crippen LogP contribution >= 0.6 is 15.9 Å². The van der Waals surface area contributed by atoms with Gasteiger partial charge < -0.3 is 8.98 Å². The topological polar surface area (TPSA) is 69.6 Å². The van der Waals surface area contributed by atoms with Crippen LogP contribution in [0.4, 0.5) is 0 Å². The Balaban J connectivity index is 2.01. The minimum Gasteiger partial charge on any atom is -0.423 e. The fourth-order valence-electron chi connectivity index (χ4n) is 1.99. The van der Waals surface area contributed by atoms with Crippen LogP contribution in [0.3, 0.4) is 0 Å². The zero-order chi connectivity index (χ0) is 14.3. The highest BCUT2D eigenvalue weighted by Gasteiger charge is 2.14. The van der Waals surface area contributed by atoms with Crippen molar-refractivity contribution >= 4 is 27.1 Å². The standard InChI is InChI=1S/C13H14BrN5O/c1-7(2)13-18-17-11(20-13)6-19-8(3)16-12-10(19)4-9(14)5-15-12/h4-5,7H,6H2,1-3H3. The van der Waals surface area contributed by atoms with E-state index in [-0.39, 0.29) is 5.92 Å². The lowest BCUT2D eigenvalue weighted by Crippen LogP contribution is -2.02. The van der Waals surface area contributed by atoms with Crippen molar-refractivity contribution < 1.29 is 4.42 Å². The summed E-state index contributed by atoms with van der Waals surface area (Å²) in [5.41, 5.74) is 1.66. The van der Waals surface area contributed by atoms with Gasteiger partial charge in [-0.2, -0.15) is 0 Å². The molecule has 0 bridgehead atoms. The quantitative estimate of drug-likeness (QED) is 0.735. The molecule has 0 amide bonds. The lowest BCUT2D eigenvalue weighted by Gasteiger charge is -2.03. The molecule has 0 aliphatic rings. The molecule has 0 aromatic carbocycles. The average molecular weight is 336 g/mol. The average Bonchev–Trinajstić information content (AvgIpc) is 2.97. The molecule has 0 aliphatic heterocycles. The summed E-state index contributed by atoms with van der Waals surface area (Å²) in [7, 11) is 0. The van der Waals surface area contributed by atoms with Crippen molar-refractivity contribution in [2.75, 3.05) is 0 Å². The van der Waals surface area contributed by atoms with E-state index in [2.05, 4.69) is 36.1 Å². The molecule has 0 atom stereocenters. The first kappa shape index (κ1) is 13.2.